The number of hydrogen-bond donors (Lipinski definition) is 3. The van der Waals surface area contributed by atoms with Crippen molar-refractivity contribution >= 4 is 22.1 Å². The van der Waals surface area contributed by atoms with Crippen molar-refractivity contribution in [1.82, 2.24) is 5.32 Å². The predicted octanol–water partition coefficient (Wildman–Crippen LogP) is 7.70. The maximum Gasteiger partial charge on any atom is 0.294 e. The van der Waals surface area contributed by atoms with Gasteiger partial charge in [0.25, 0.3) is 16.0 Å². The first-order valence-electron chi connectivity index (χ1n) is 15.3. The molecule has 0 bridgehead atoms. The van der Waals surface area contributed by atoms with Gasteiger partial charge < -0.3 is 15.8 Å². The van der Waals surface area contributed by atoms with Crippen LogP contribution < -0.4 is 11.1 Å². The number of ether oxygens (including phenoxy) is 1. The van der Waals surface area contributed by atoms with Gasteiger partial charge in [-0.3, -0.25) is 9.35 Å². The number of carbonyl (C=O) groups excluding carboxylic acids is 1. The summed E-state index contributed by atoms with van der Waals surface area (Å²) in [6.07, 6.45) is 15.3. The number of nitrogens with one attached hydrogen (secondary N) is 1. The van der Waals surface area contributed by atoms with Crippen molar-refractivity contribution in [1.29, 1.82) is 0 Å². The lowest BCUT2D eigenvalue weighted by atomic mass is 9.90. The number of carbonyl (C=O) groups is 1. The lowest BCUT2D eigenvalue weighted by molar-refractivity contribution is -0.120. The van der Waals surface area contributed by atoms with E-state index in [1.165, 1.54) is 69.9 Å². The maximum atomic E-state index is 12.4. The number of amides is 1. The average Bonchev–Trinajstić information content (AvgIpc) is 2.93. The smallest absolute Gasteiger partial charge is 0.294 e. The van der Waals surface area contributed by atoms with Crippen LogP contribution >= 0.6 is 0 Å². The molecule has 8 heteroatoms. The summed E-state index contributed by atoms with van der Waals surface area (Å²) in [7, 11) is -2.47. The van der Waals surface area contributed by atoms with Crippen molar-refractivity contribution in [2.45, 2.75) is 109 Å². The van der Waals surface area contributed by atoms with Crippen molar-refractivity contribution in [3.05, 3.63) is 71.5 Å². The molecule has 0 saturated heterocycles. The quantitative estimate of drug-likeness (QED) is 0.0696. The summed E-state index contributed by atoms with van der Waals surface area (Å²) in [6.45, 7) is 9.01. The van der Waals surface area contributed by atoms with E-state index in [0.29, 0.717) is 12.3 Å². The fraction of sp³-hybridized carbons (Fsp3) is 0.559. The highest BCUT2D eigenvalue weighted by molar-refractivity contribution is 7.85. The topological polar surface area (TPSA) is 119 Å². The van der Waals surface area contributed by atoms with E-state index in [2.05, 4.69) is 26.1 Å². The number of unbranched alkanes of at least 4 members (excludes halogenated alkanes) is 4. The molecule has 0 spiro atoms. The van der Waals surface area contributed by atoms with Gasteiger partial charge in [0.1, 0.15) is 0 Å². The second-order valence-corrected chi connectivity index (χ2v) is 13.2. The third-order valence-corrected chi connectivity index (χ3v) is 7.95. The average molecular weight is 603 g/mol. The van der Waals surface area contributed by atoms with E-state index >= 15 is 0 Å². The molecule has 1 atom stereocenters. The Balaban J connectivity index is 0.000000666. The van der Waals surface area contributed by atoms with Gasteiger partial charge in [-0.05, 0) is 69.7 Å². The van der Waals surface area contributed by atoms with Crippen molar-refractivity contribution in [3.63, 3.8) is 0 Å². The van der Waals surface area contributed by atoms with E-state index < -0.39 is 10.1 Å². The van der Waals surface area contributed by atoms with Gasteiger partial charge in [-0.25, -0.2) is 0 Å². The number of aryl methyl sites for hydroxylation is 1. The van der Waals surface area contributed by atoms with Crippen LogP contribution in [0.2, 0.25) is 0 Å². The predicted molar refractivity (Wildman–Crippen MR) is 174 cm³/mol. The molecule has 0 radical (unpaired) electrons. The van der Waals surface area contributed by atoms with Crippen LogP contribution in [0.5, 0.6) is 0 Å². The van der Waals surface area contributed by atoms with Gasteiger partial charge in [-0.1, -0.05) is 106 Å². The van der Waals surface area contributed by atoms with Crippen LogP contribution in [-0.4, -0.2) is 38.1 Å². The van der Waals surface area contributed by atoms with Crippen LogP contribution in [0.15, 0.2) is 65.3 Å². The normalized spacial score (nSPS) is 12.7. The molecule has 0 aromatic heterocycles. The Labute approximate surface area is 255 Å². The molecule has 2 aromatic carbocycles. The summed E-state index contributed by atoms with van der Waals surface area (Å²) in [4.78, 5) is 12.4. The van der Waals surface area contributed by atoms with Crippen LogP contribution in [0, 0.1) is 12.8 Å². The van der Waals surface area contributed by atoms with Crippen LogP contribution in [0.3, 0.4) is 0 Å². The molecule has 1 amide bonds. The first-order valence-corrected chi connectivity index (χ1v) is 16.7. The minimum atomic E-state index is -4.02. The minimum absolute atomic E-state index is 0.0469. The largest absolute Gasteiger partial charge is 0.491 e. The van der Waals surface area contributed by atoms with Crippen LogP contribution in [0.4, 0.5) is 0 Å². The first kappa shape index (κ1) is 37.3. The highest BCUT2D eigenvalue weighted by Crippen LogP contribution is 2.23. The summed E-state index contributed by atoms with van der Waals surface area (Å²) in [5.74, 6) is 0.975. The molecule has 0 fully saturated rings. The van der Waals surface area contributed by atoms with Crippen molar-refractivity contribution in [2.75, 3.05) is 13.7 Å². The van der Waals surface area contributed by atoms with Gasteiger partial charge in [0.2, 0.25) is 0 Å². The number of rotatable bonds is 18. The molecule has 0 aliphatic heterocycles. The first-order chi connectivity index (χ1) is 19.9. The zero-order valence-electron chi connectivity index (χ0n) is 26.4. The Hall–Kier alpha value is -2.68. The molecule has 0 heterocycles. The standard InChI is InChI=1S/C27H46N2O2.C7H8O3S/c1-5-6-9-15-23(16-12-8-13-20-27(2,3)28)19-14-21-29-26(30)25(31-4)22-24-17-10-7-11-18-24;1-6-2-4-7(5-3-6)11(8,9)10/h7,10-11,17-18,22-23H,5-6,8-9,12-16,19-21,28H2,1-4H3,(H,29,30);2-5H,1H3,(H,8,9,10). The van der Waals surface area contributed by atoms with E-state index in [4.69, 9.17) is 15.0 Å². The zero-order chi connectivity index (χ0) is 31.4. The van der Waals surface area contributed by atoms with Crippen molar-refractivity contribution < 1.29 is 22.5 Å². The molecule has 0 saturated carbocycles. The molecule has 0 aliphatic rings. The molecule has 4 N–H and O–H groups in total. The molecule has 2 rings (SSSR count). The van der Waals surface area contributed by atoms with Crippen LogP contribution in [0.1, 0.15) is 103 Å². The SMILES string of the molecule is CCCCCC(CCCCCC(C)(C)N)CCCNC(=O)C(=Cc1ccccc1)OC.Cc1ccc(S(=O)(=O)O)cc1. The van der Waals surface area contributed by atoms with Gasteiger partial charge in [0.05, 0.1) is 12.0 Å². The Bertz CT molecular complexity index is 1140. The molecule has 42 heavy (non-hydrogen) atoms. The molecule has 0 aliphatic carbocycles. The van der Waals surface area contributed by atoms with Crippen LogP contribution in [0.25, 0.3) is 6.08 Å². The molecular formula is C34H54N2O5S. The summed E-state index contributed by atoms with van der Waals surface area (Å²) >= 11 is 0. The number of hydrogen-bond acceptors (Lipinski definition) is 5. The highest BCUT2D eigenvalue weighted by atomic mass is 32.2. The van der Waals surface area contributed by atoms with Gasteiger partial charge in [-0.2, -0.15) is 8.42 Å². The van der Waals surface area contributed by atoms with Crippen molar-refractivity contribution in [2.24, 2.45) is 11.7 Å². The Morgan fingerprint density at radius 1 is 0.952 bits per heavy atom. The lowest BCUT2D eigenvalue weighted by Gasteiger charge is -2.19. The minimum Gasteiger partial charge on any atom is -0.491 e. The summed E-state index contributed by atoms with van der Waals surface area (Å²) in [5.41, 5.74) is 7.96. The molecule has 236 valence electrons. The third-order valence-electron chi connectivity index (χ3n) is 7.08. The monoisotopic (exact) mass is 602 g/mol. The third kappa shape index (κ3) is 18.0. The Morgan fingerprint density at radius 3 is 2.10 bits per heavy atom. The van der Waals surface area contributed by atoms with E-state index in [1.54, 1.807) is 25.3 Å². The van der Waals surface area contributed by atoms with Gasteiger partial charge in [-0.15, -0.1) is 0 Å². The van der Waals surface area contributed by atoms with E-state index in [1.807, 2.05) is 37.3 Å². The maximum absolute atomic E-state index is 12.4. The number of methoxy groups -OCH3 is 1. The van der Waals surface area contributed by atoms with Gasteiger partial charge >= 0.3 is 0 Å². The van der Waals surface area contributed by atoms with Crippen molar-refractivity contribution in [3.8, 4) is 0 Å². The number of benzene rings is 2. The summed E-state index contributed by atoms with van der Waals surface area (Å²) < 4.78 is 34.9. The molecule has 2 aromatic rings. The lowest BCUT2D eigenvalue weighted by Crippen LogP contribution is -2.31. The Morgan fingerprint density at radius 2 is 1.55 bits per heavy atom. The second kappa shape index (κ2) is 20.3. The fourth-order valence-electron chi connectivity index (χ4n) is 4.61. The molecule has 7 nitrogen and oxygen atoms in total. The number of nitrogens with two attached hydrogens (primary N) is 1. The van der Waals surface area contributed by atoms with Crippen LogP contribution in [-0.2, 0) is 19.6 Å². The fourth-order valence-corrected chi connectivity index (χ4v) is 5.09. The second-order valence-electron chi connectivity index (χ2n) is 11.8. The van der Waals surface area contributed by atoms with Gasteiger partial charge in [0.15, 0.2) is 5.76 Å². The van der Waals surface area contributed by atoms with Gasteiger partial charge in [0, 0.05) is 12.1 Å². The van der Waals surface area contributed by atoms with E-state index in [9.17, 15) is 13.2 Å². The zero-order valence-corrected chi connectivity index (χ0v) is 27.2. The molecule has 1 unspecified atom stereocenters. The Kier molecular flexibility index (Phi) is 18.0. The summed E-state index contributed by atoms with van der Waals surface area (Å²) in [6, 6.07) is 15.8. The van der Waals surface area contributed by atoms with E-state index in [-0.39, 0.29) is 16.3 Å². The highest BCUT2D eigenvalue weighted by Gasteiger charge is 2.13. The summed E-state index contributed by atoms with van der Waals surface area (Å²) in [5, 5.41) is 3.02. The molecular weight excluding hydrogens is 548 g/mol. The van der Waals surface area contributed by atoms with E-state index in [0.717, 1.165) is 29.9 Å².